The Morgan fingerprint density at radius 1 is 1.43 bits per heavy atom. The Bertz CT molecular complexity index is 347. The lowest BCUT2D eigenvalue weighted by atomic mass is 9.99. The van der Waals surface area contributed by atoms with E-state index in [0.29, 0.717) is 0 Å². The average Bonchev–Trinajstić information content (AvgIpc) is 2.18. The molecule has 2 rings (SSSR count). The summed E-state index contributed by atoms with van der Waals surface area (Å²) in [6.45, 7) is 2.69. The molecule has 0 radical (unpaired) electrons. The fraction of sp³-hybridized carbons (Fsp3) is 0.455. The first-order chi connectivity index (χ1) is 6.70. The predicted octanol–water partition coefficient (Wildman–Crippen LogP) is 1.61. The molecule has 0 fully saturated rings. The summed E-state index contributed by atoms with van der Waals surface area (Å²) >= 11 is 0. The maximum atomic E-state index is 6.00. The minimum Gasteiger partial charge on any atom is -0.491 e. The van der Waals surface area contributed by atoms with Gasteiger partial charge in [-0.15, -0.1) is 0 Å². The third-order valence-electron chi connectivity index (χ3n) is 2.64. The summed E-state index contributed by atoms with van der Waals surface area (Å²) in [6, 6.07) is 4.04. The van der Waals surface area contributed by atoms with Crippen molar-refractivity contribution in [1.29, 1.82) is 0 Å². The van der Waals surface area contributed by atoms with Crippen LogP contribution in [0.5, 0.6) is 5.75 Å². The van der Waals surface area contributed by atoms with Crippen LogP contribution in [-0.2, 0) is 6.42 Å². The lowest BCUT2D eigenvalue weighted by Gasteiger charge is -2.21. The van der Waals surface area contributed by atoms with Gasteiger partial charge in [-0.25, -0.2) is 0 Å². The molecular weight excluding hydrogens is 176 g/mol. The highest BCUT2D eigenvalue weighted by molar-refractivity contribution is 5.63. The van der Waals surface area contributed by atoms with Crippen molar-refractivity contribution in [1.82, 2.24) is 0 Å². The second kappa shape index (κ2) is 3.50. The van der Waals surface area contributed by atoms with Gasteiger partial charge in [0.15, 0.2) is 0 Å². The molecule has 1 aliphatic rings. The molecule has 0 bridgehead atoms. The average molecular weight is 192 g/mol. The Hall–Kier alpha value is -1.22. The molecule has 3 nitrogen and oxygen atoms in total. The number of hydrogen-bond donors (Lipinski definition) is 2. The van der Waals surface area contributed by atoms with Gasteiger partial charge in [-0.2, -0.15) is 0 Å². The smallest absolute Gasteiger partial charge is 0.145 e. The number of nitrogens with two attached hydrogens (primary N) is 2. The zero-order valence-corrected chi connectivity index (χ0v) is 8.42. The van der Waals surface area contributed by atoms with Gasteiger partial charge in [0.05, 0.1) is 12.3 Å². The molecule has 1 aromatic carbocycles. The monoisotopic (exact) mass is 192 g/mol. The van der Waals surface area contributed by atoms with E-state index in [2.05, 4.69) is 6.07 Å². The Morgan fingerprint density at radius 2 is 2.21 bits per heavy atom. The van der Waals surface area contributed by atoms with E-state index in [0.717, 1.165) is 36.4 Å². The summed E-state index contributed by atoms with van der Waals surface area (Å²) in [7, 11) is 0. The van der Waals surface area contributed by atoms with Gasteiger partial charge in [0.1, 0.15) is 5.75 Å². The Balaban J connectivity index is 2.49. The molecule has 1 aromatic rings. The normalized spacial score (nSPS) is 17.0. The highest BCUT2D eigenvalue weighted by Gasteiger charge is 2.17. The van der Waals surface area contributed by atoms with Crippen LogP contribution >= 0.6 is 0 Å². The van der Waals surface area contributed by atoms with Crippen LogP contribution in [0.4, 0.5) is 5.69 Å². The number of hydrogen-bond acceptors (Lipinski definition) is 3. The van der Waals surface area contributed by atoms with Crippen LogP contribution in [-0.4, -0.2) is 6.61 Å². The lowest BCUT2D eigenvalue weighted by Crippen LogP contribution is -2.14. The van der Waals surface area contributed by atoms with Crippen molar-refractivity contribution in [2.75, 3.05) is 12.3 Å². The number of ether oxygens (including phenoxy) is 1. The van der Waals surface area contributed by atoms with E-state index < -0.39 is 0 Å². The largest absolute Gasteiger partial charge is 0.491 e. The summed E-state index contributed by atoms with van der Waals surface area (Å²) in [5.41, 5.74) is 14.7. The zero-order chi connectivity index (χ0) is 10.1. The number of rotatable bonds is 1. The number of benzene rings is 1. The third kappa shape index (κ3) is 1.44. The van der Waals surface area contributed by atoms with Crippen LogP contribution in [0.1, 0.15) is 30.5 Å². The highest BCUT2D eigenvalue weighted by Crippen LogP contribution is 2.35. The number of nitrogen functional groups attached to an aromatic ring is 1. The van der Waals surface area contributed by atoms with Gasteiger partial charge >= 0.3 is 0 Å². The molecule has 1 heterocycles. The summed E-state index contributed by atoms with van der Waals surface area (Å²) in [6.07, 6.45) is 2.13. The maximum absolute atomic E-state index is 6.00. The summed E-state index contributed by atoms with van der Waals surface area (Å²) in [5, 5.41) is 0. The Morgan fingerprint density at radius 3 is 2.93 bits per heavy atom. The molecule has 0 spiro atoms. The summed E-state index contributed by atoms with van der Waals surface area (Å²) in [4.78, 5) is 0. The minimum atomic E-state index is -0.0363. The SMILES string of the molecule is C[C@H](N)c1ccc2c(c1N)OCCC2. The number of aryl methyl sites for hydroxylation is 1. The van der Waals surface area contributed by atoms with Crippen molar-refractivity contribution in [2.45, 2.75) is 25.8 Å². The summed E-state index contributed by atoms with van der Waals surface area (Å²) in [5.74, 6) is 0.853. The van der Waals surface area contributed by atoms with E-state index in [-0.39, 0.29) is 6.04 Å². The quantitative estimate of drug-likeness (QED) is 0.664. The molecular formula is C11H16N2O. The van der Waals surface area contributed by atoms with Crippen LogP contribution in [0.2, 0.25) is 0 Å². The van der Waals surface area contributed by atoms with Gasteiger partial charge < -0.3 is 16.2 Å². The fourth-order valence-corrected chi connectivity index (χ4v) is 1.86. The highest BCUT2D eigenvalue weighted by atomic mass is 16.5. The maximum Gasteiger partial charge on any atom is 0.145 e. The van der Waals surface area contributed by atoms with E-state index in [1.807, 2.05) is 13.0 Å². The molecule has 0 amide bonds. The first-order valence-electron chi connectivity index (χ1n) is 5.00. The van der Waals surface area contributed by atoms with Crippen molar-refractivity contribution in [3.8, 4) is 5.75 Å². The molecule has 76 valence electrons. The molecule has 3 heteroatoms. The molecule has 0 saturated carbocycles. The van der Waals surface area contributed by atoms with Crippen molar-refractivity contribution in [3.05, 3.63) is 23.3 Å². The summed E-state index contributed by atoms with van der Waals surface area (Å²) < 4.78 is 5.56. The van der Waals surface area contributed by atoms with Crippen molar-refractivity contribution in [3.63, 3.8) is 0 Å². The second-order valence-corrected chi connectivity index (χ2v) is 3.80. The molecule has 0 aromatic heterocycles. The first kappa shape index (κ1) is 9.34. The van der Waals surface area contributed by atoms with Crippen molar-refractivity contribution < 1.29 is 4.74 Å². The second-order valence-electron chi connectivity index (χ2n) is 3.80. The van der Waals surface area contributed by atoms with E-state index >= 15 is 0 Å². The van der Waals surface area contributed by atoms with Crippen LogP contribution in [0.15, 0.2) is 12.1 Å². The van der Waals surface area contributed by atoms with E-state index in [1.165, 1.54) is 5.56 Å². The zero-order valence-electron chi connectivity index (χ0n) is 8.42. The van der Waals surface area contributed by atoms with Crippen LogP contribution < -0.4 is 16.2 Å². The molecule has 14 heavy (non-hydrogen) atoms. The molecule has 1 aliphatic heterocycles. The van der Waals surface area contributed by atoms with Crippen molar-refractivity contribution >= 4 is 5.69 Å². The van der Waals surface area contributed by atoms with Crippen LogP contribution in [0.3, 0.4) is 0 Å². The molecule has 1 atom stereocenters. The molecule has 0 unspecified atom stereocenters. The number of fused-ring (bicyclic) bond motifs is 1. The Labute approximate surface area is 84.0 Å². The molecule has 0 aliphatic carbocycles. The van der Waals surface area contributed by atoms with Gasteiger partial charge in [0.2, 0.25) is 0 Å². The van der Waals surface area contributed by atoms with Crippen molar-refractivity contribution in [2.24, 2.45) is 5.73 Å². The van der Waals surface area contributed by atoms with Crippen LogP contribution in [0.25, 0.3) is 0 Å². The Kier molecular flexibility index (Phi) is 2.33. The van der Waals surface area contributed by atoms with Gasteiger partial charge in [0.25, 0.3) is 0 Å². The van der Waals surface area contributed by atoms with Gasteiger partial charge in [-0.05, 0) is 30.9 Å². The van der Waals surface area contributed by atoms with Gasteiger partial charge in [-0.1, -0.05) is 12.1 Å². The van der Waals surface area contributed by atoms with Crippen LogP contribution in [0, 0.1) is 0 Å². The molecule has 0 saturated heterocycles. The standard InChI is InChI=1S/C11H16N2O/c1-7(12)9-5-4-8-3-2-6-14-11(8)10(9)13/h4-5,7H,2-3,6,12-13H2,1H3/t7-/m0/s1. The third-order valence-corrected chi connectivity index (χ3v) is 2.64. The van der Waals surface area contributed by atoms with E-state index in [4.69, 9.17) is 16.2 Å². The van der Waals surface area contributed by atoms with E-state index in [1.54, 1.807) is 0 Å². The predicted molar refractivity (Wildman–Crippen MR) is 57.3 cm³/mol. The minimum absolute atomic E-state index is 0.0363. The lowest BCUT2D eigenvalue weighted by molar-refractivity contribution is 0.289. The fourth-order valence-electron chi connectivity index (χ4n) is 1.86. The number of anilines is 1. The topological polar surface area (TPSA) is 61.3 Å². The van der Waals surface area contributed by atoms with E-state index in [9.17, 15) is 0 Å². The first-order valence-corrected chi connectivity index (χ1v) is 5.00. The van der Waals surface area contributed by atoms with Gasteiger partial charge in [-0.3, -0.25) is 0 Å². The molecule has 4 N–H and O–H groups in total. The van der Waals surface area contributed by atoms with Gasteiger partial charge in [0, 0.05) is 6.04 Å².